The third-order valence-corrected chi connectivity index (χ3v) is 3.91. The second-order valence-corrected chi connectivity index (χ2v) is 6.43. The van der Waals surface area contributed by atoms with Crippen LogP contribution in [0.15, 0.2) is 24.3 Å². The number of para-hydroxylation sites is 1. The predicted octanol–water partition coefficient (Wildman–Crippen LogP) is 4.20. The van der Waals surface area contributed by atoms with Crippen molar-refractivity contribution in [2.75, 3.05) is 18.0 Å². The molecule has 1 N–H and O–H groups in total. The standard InChI is InChI=1S/C18H30N2/c1-4-5-12-20(17-10-11-17)18-9-7-6-8-16(18)14-19-13-15(2)3/h6-9,15,17,19H,4-5,10-14H2,1-3H3. The van der Waals surface area contributed by atoms with Crippen molar-refractivity contribution in [1.82, 2.24) is 5.32 Å². The molecule has 0 spiro atoms. The molecule has 1 saturated carbocycles. The van der Waals surface area contributed by atoms with Crippen LogP contribution in [0.3, 0.4) is 0 Å². The maximum atomic E-state index is 3.59. The maximum absolute atomic E-state index is 3.59. The summed E-state index contributed by atoms with van der Waals surface area (Å²) in [6, 6.07) is 9.74. The van der Waals surface area contributed by atoms with Gasteiger partial charge in [0.05, 0.1) is 0 Å². The van der Waals surface area contributed by atoms with Gasteiger partial charge < -0.3 is 10.2 Å². The van der Waals surface area contributed by atoms with Gasteiger partial charge in [-0.05, 0) is 43.4 Å². The van der Waals surface area contributed by atoms with Crippen LogP contribution < -0.4 is 10.2 Å². The fourth-order valence-electron chi connectivity index (χ4n) is 2.65. The zero-order valence-electron chi connectivity index (χ0n) is 13.4. The Bertz CT molecular complexity index is 396. The van der Waals surface area contributed by atoms with Crippen LogP contribution >= 0.6 is 0 Å². The lowest BCUT2D eigenvalue weighted by atomic mass is 10.1. The van der Waals surface area contributed by atoms with E-state index < -0.39 is 0 Å². The Kier molecular flexibility index (Phi) is 5.90. The molecule has 2 rings (SSSR count). The quantitative estimate of drug-likeness (QED) is 0.726. The molecular weight excluding hydrogens is 244 g/mol. The molecule has 1 aliphatic carbocycles. The van der Waals surface area contributed by atoms with Gasteiger partial charge in [-0.2, -0.15) is 0 Å². The van der Waals surface area contributed by atoms with E-state index in [0.29, 0.717) is 5.92 Å². The minimum Gasteiger partial charge on any atom is -0.368 e. The average molecular weight is 274 g/mol. The molecule has 112 valence electrons. The third kappa shape index (κ3) is 4.52. The summed E-state index contributed by atoms with van der Waals surface area (Å²) in [5, 5.41) is 3.59. The van der Waals surface area contributed by atoms with E-state index in [4.69, 9.17) is 0 Å². The third-order valence-electron chi connectivity index (χ3n) is 3.91. The summed E-state index contributed by atoms with van der Waals surface area (Å²) < 4.78 is 0. The number of hydrogen-bond acceptors (Lipinski definition) is 2. The highest BCUT2D eigenvalue weighted by atomic mass is 15.2. The second kappa shape index (κ2) is 7.68. The van der Waals surface area contributed by atoms with Crippen molar-refractivity contribution in [2.24, 2.45) is 5.92 Å². The van der Waals surface area contributed by atoms with Gasteiger partial charge in [-0.1, -0.05) is 45.4 Å². The Balaban J connectivity index is 2.04. The molecule has 0 unspecified atom stereocenters. The van der Waals surface area contributed by atoms with Crippen molar-refractivity contribution in [3.8, 4) is 0 Å². The minimum atomic E-state index is 0.710. The van der Waals surface area contributed by atoms with E-state index >= 15 is 0 Å². The number of nitrogens with zero attached hydrogens (tertiary/aromatic N) is 1. The van der Waals surface area contributed by atoms with E-state index in [1.165, 1.54) is 43.5 Å². The number of rotatable bonds is 9. The van der Waals surface area contributed by atoms with Crippen LogP contribution in [-0.2, 0) is 6.54 Å². The van der Waals surface area contributed by atoms with Crippen LogP contribution in [0.5, 0.6) is 0 Å². The summed E-state index contributed by atoms with van der Waals surface area (Å²) in [5.74, 6) is 0.710. The Morgan fingerprint density at radius 2 is 2.00 bits per heavy atom. The molecule has 0 radical (unpaired) electrons. The molecule has 20 heavy (non-hydrogen) atoms. The van der Waals surface area contributed by atoms with E-state index in [-0.39, 0.29) is 0 Å². The lowest BCUT2D eigenvalue weighted by Crippen LogP contribution is -2.29. The number of hydrogen-bond donors (Lipinski definition) is 1. The van der Waals surface area contributed by atoms with Crippen molar-refractivity contribution >= 4 is 5.69 Å². The van der Waals surface area contributed by atoms with Gasteiger partial charge in [-0.25, -0.2) is 0 Å². The molecular formula is C18H30N2. The number of anilines is 1. The van der Waals surface area contributed by atoms with Crippen molar-refractivity contribution in [1.29, 1.82) is 0 Å². The molecule has 2 nitrogen and oxygen atoms in total. The van der Waals surface area contributed by atoms with Crippen LogP contribution in [0, 0.1) is 5.92 Å². The van der Waals surface area contributed by atoms with Gasteiger partial charge in [0.1, 0.15) is 0 Å². The first-order chi connectivity index (χ1) is 9.72. The Labute approximate surface area is 124 Å². The normalized spacial score (nSPS) is 14.8. The molecule has 0 atom stereocenters. The van der Waals surface area contributed by atoms with Crippen molar-refractivity contribution in [2.45, 2.75) is 59.0 Å². The topological polar surface area (TPSA) is 15.3 Å². The SMILES string of the molecule is CCCCN(c1ccccc1CNCC(C)C)C1CC1. The number of benzene rings is 1. The number of unbranched alkanes of at least 4 members (excludes halogenated alkanes) is 1. The second-order valence-electron chi connectivity index (χ2n) is 6.43. The van der Waals surface area contributed by atoms with E-state index in [2.05, 4.69) is 55.3 Å². The van der Waals surface area contributed by atoms with E-state index in [9.17, 15) is 0 Å². The van der Waals surface area contributed by atoms with Crippen LogP contribution in [0.25, 0.3) is 0 Å². The summed E-state index contributed by atoms with van der Waals surface area (Å²) >= 11 is 0. The van der Waals surface area contributed by atoms with Crippen LogP contribution in [0.4, 0.5) is 5.69 Å². The van der Waals surface area contributed by atoms with E-state index in [0.717, 1.165) is 19.1 Å². The average Bonchev–Trinajstić information content (AvgIpc) is 3.25. The van der Waals surface area contributed by atoms with Gasteiger partial charge in [0, 0.05) is 24.8 Å². The largest absolute Gasteiger partial charge is 0.368 e. The molecule has 1 aliphatic rings. The van der Waals surface area contributed by atoms with Crippen molar-refractivity contribution < 1.29 is 0 Å². The van der Waals surface area contributed by atoms with Crippen LogP contribution in [0.1, 0.15) is 52.0 Å². The zero-order valence-corrected chi connectivity index (χ0v) is 13.4. The predicted molar refractivity (Wildman–Crippen MR) is 88.3 cm³/mol. The van der Waals surface area contributed by atoms with Gasteiger partial charge in [0.25, 0.3) is 0 Å². The highest BCUT2D eigenvalue weighted by Crippen LogP contribution is 2.33. The molecule has 0 bridgehead atoms. The minimum absolute atomic E-state index is 0.710. The van der Waals surface area contributed by atoms with Crippen LogP contribution in [0.2, 0.25) is 0 Å². The molecule has 0 aromatic heterocycles. The van der Waals surface area contributed by atoms with Crippen molar-refractivity contribution in [3.63, 3.8) is 0 Å². The number of nitrogens with one attached hydrogen (secondary N) is 1. The summed E-state index contributed by atoms with van der Waals surface area (Å²) in [6.07, 6.45) is 5.32. The van der Waals surface area contributed by atoms with Gasteiger partial charge in [0.2, 0.25) is 0 Å². The lowest BCUT2D eigenvalue weighted by molar-refractivity contribution is 0.551. The Morgan fingerprint density at radius 1 is 1.25 bits per heavy atom. The van der Waals surface area contributed by atoms with Gasteiger partial charge in [-0.15, -0.1) is 0 Å². The van der Waals surface area contributed by atoms with Crippen LogP contribution in [-0.4, -0.2) is 19.1 Å². The fourth-order valence-corrected chi connectivity index (χ4v) is 2.65. The smallest absolute Gasteiger partial charge is 0.0414 e. The zero-order chi connectivity index (χ0) is 14.4. The van der Waals surface area contributed by atoms with Gasteiger partial charge in [-0.3, -0.25) is 0 Å². The van der Waals surface area contributed by atoms with Gasteiger partial charge in [0.15, 0.2) is 0 Å². The highest BCUT2D eigenvalue weighted by molar-refractivity contribution is 5.55. The molecule has 1 fully saturated rings. The summed E-state index contributed by atoms with van der Waals surface area (Å²) in [6.45, 7) is 10.1. The maximum Gasteiger partial charge on any atom is 0.0414 e. The Morgan fingerprint density at radius 3 is 2.65 bits per heavy atom. The summed E-state index contributed by atoms with van der Waals surface area (Å²) in [4.78, 5) is 2.65. The molecule has 1 aromatic rings. The molecule has 0 amide bonds. The molecule has 2 heteroatoms. The highest BCUT2D eigenvalue weighted by Gasteiger charge is 2.29. The monoisotopic (exact) mass is 274 g/mol. The van der Waals surface area contributed by atoms with E-state index in [1.807, 2.05) is 0 Å². The first kappa shape index (κ1) is 15.4. The van der Waals surface area contributed by atoms with Crippen molar-refractivity contribution in [3.05, 3.63) is 29.8 Å². The van der Waals surface area contributed by atoms with E-state index in [1.54, 1.807) is 0 Å². The molecule has 1 aromatic carbocycles. The molecule has 0 heterocycles. The van der Waals surface area contributed by atoms with Gasteiger partial charge >= 0.3 is 0 Å². The first-order valence-corrected chi connectivity index (χ1v) is 8.27. The molecule has 0 saturated heterocycles. The first-order valence-electron chi connectivity index (χ1n) is 8.27. The molecule has 0 aliphatic heterocycles. The summed E-state index contributed by atoms with van der Waals surface area (Å²) in [5.41, 5.74) is 2.91. The lowest BCUT2D eigenvalue weighted by Gasteiger charge is -2.27. The Hall–Kier alpha value is -1.02. The fraction of sp³-hybridized carbons (Fsp3) is 0.667. The summed E-state index contributed by atoms with van der Waals surface area (Å²) in [7, 11) is 0.